The third-order valence-corrected chi connectivity index (χ3v) is 5.94. The van der Waals surface area contributed by atoms with Gasteiger partial charge < -0.3 is 24.8 Å². The average molecular weight is 561 g/mol. The molecule has 0 unspecified atom stereocenters. The molecule has 0 aliphatic carbocycles. The van der Waals surface area contributed by atoms with Crippen molar-refractivity contribution >= 4 is 28.6 Å². The van der Waals surface area contributed by atoms with Gasteiger partial charge in [0.25, 0.3) is 17.3 Å². The molecule has 0 bridgehead atoms. The zero-order valence-electron chi connectivity index (χ0n) is 21.9. The molecule has 5 rings (SSSR count). The van der Waals surface area contributed by atoms with Crippen LogP contribution in [0.3, 0.4) is 0 Å². The number of carbonyl (C=O) groups excluding carboxylic acids is 1. The minimum Gasteiger partial charge on any atom is -0.491 e. The molecular weight excluding hydrogens is 538 g/mol. The Morgan fingerprint density at radius 1 is 0.927 bits per heavy atom. The minimum atomic E-state index is -0.820. The number of carbonyl (C=O) groups is 1. The van der Waals surface area contributed by atoms with Gasteiger partial charge in [0.1, 0.15) is 16.9 Å². The molecule has 0 atom stereocenters. The number of rotatable bonds is 8. The zero-order valence-corrected chi connectivity index (χ0v) is 21.9. The summed E-state index contributed by atoms with van der Waals surface area (Å²) in [6.07, 6.45) is 2.58. The van der Waals surface area contributed by atoms with Crippen LogP contribution in [0.4, 0.5) is 20.4 Å². The number of ether oxygens (including phenoxy) is 3. The molecule has 208 valence electrons. The van der Waals surface area contributed by atoms with Gasteiger partial charge in [0.15, 0.2) is 23.1 Å². The molecule has 13 heteroatoms. The average Bonchev–Trinajstić information content (AvgIpc) is 2.98. The molecule has 0 spiro atoms. The number of nitrogens with zero attached hydrogens (tertiary/aromatic N) is 4. The van der Waals surface area contributed by atoms with Crippen molar-refractivity contribution in [2.45, 2.75) is 0 Å². The van der Waals surface area contributed by atoms with Gasteiger partial charge in [-0.2, -0.15) is 0 Å². The van der Waals surface area contributed by atoms with E-state index in [1.165, 1.54) is 62.9 Å². The third kappa shape index (κ3) is 5.32. The zero-order chi connectivity index (χ0) is 29.1. The van der Waals surface area contributed by atoms with Gasteiger partial charge in [-0.3, -0.25) is 14.6 Å². The number of fused-ring (bicyclic) bond motifs is 1. The van der Waals surface area contributed by atoms with Crippen molar-refractivity contribution in [2.75, 3.05) is 31.9 Å². The Kier molecular flexibility index (Phi) is 7.41. The van der Waals surface area contributed by atoms with E-state index in [1.54, 1.807) is 13.1 Å². The first-order chi connectivity index (χ1) is 19.8. The smallest absolute Gasteiger partial charge is 0.272 e. The number of amides is 1. The van der Waals surface area contributed by atoms with Crippen LogP contribution in [-0.2, 0) is 0 Å². The predicted octanol–water partition coefficient (Wildman–Crippen LogP) is 4.56. The lowest BCUT2D eigenvalue weighted by molar-refractivity contribution is 0.102. The summed E-state index contributed by atoms with van der Waals surface area (Å²) in [6.45, 7) is 0. The van der Waals surface area contributed by atoms with Crippen LogP contribution in [0.15, 0.2) is 71.8 Å². The van der Waals surface area contributed by atoms with Crippen LogP contribution < -0.4 is 30.4 Å². The highest BCUT2D eigenvalue weighted by atomic mass is 19.1. The van der Waals surface area contributed by atoms with Gasteiger partial charge in [0, 0.05) is 43.3 Å². The molecule has 0 aliphatic heterocycles. The number of methoxy groups -OCH3 is 2. The van der Waals surface area contributed by atoms with Crippen LogP contribution in [-0.4, -0.2) is 46.7 Å². The monoisotopic (exact) mass is 560 g/mol. The van der Waals surface area contributed by atoms with Crippen LogP contribution in [0.1, 0.15) is 10.4 Å². The standard InChI is InChI=1S/C28H22F2N6O5/c1-31-28-33-14-18(27(38)36(28)17-7-4-15(29)5-8-17)25(37)34-16-6-9-21(19(30)12-16)41-22-10-11-32-20-13-23(39-2)26(40-3)35-24(20)22/h4-14H,1-3H3,(H,31,33)(H,34,37). The minimum absolute atomic E-state index is 0.0643. The number of pyridine rings is 2. The van der Waals surface area contributed by atoms with E-state index in [4.69, 9.17) is 14.2 Å². The molecule has 5 aromatic rings. The fraction of sp³-hybridized carbons (Fsp3) is 0.107. The van der Waals surface area contributed by atoms with Crippen molar-refractivity contribution in [1.82, 2.24) is 19.5 Å². The largest absolute Gasteiger partial charge is 0.491 e. The van der Waals surface area contributed by atoms with Gasteiger partial charge >= 0.3 is 0 Å². The highest BCUT2D eigenvalue weighted by molar-refractivity contribution is 6.04. The predicted molar refractivity (Wildman–Crippen MR) is 146 cm³/mol. The Morgan fingerprint density at radius 2 is 1.71 bits per heavy atom. The van der Waals surface area contributed by atoms with Crippen molar-refractivity contribution in [3.05, 3.63) is 94.5 Å². The molecule has 2 N–H and O–H groups in total. The van der Waals surface area contributed by atoms with E-state index >= 15 is 4.39 Å². The molecular formula is C28H22F2N6O5. The lowest BCUT2D eigenvalue weighted by Crippen LogP contribution is -2.30. The van der Waals surface area contributed by atoms with Crippen molar-refractivity contribution in [3.8, 4) is 28.8 Å². The summed E-state index contributed by atoms with van der Waals surface area (Å²) in [6, 6.07) is 12.0. The first-order valence-electron chi connectivity index (χ1n) is 12.0. The van der Waals surface area contributed by atoms with Gasteiger partial charge in [-0.1, -0.05) is 0 Å². The Morgan fingerprint density at radius 3 is 2.39 bits per heavy atom. The quantitative estimate of drug-likeness (QED) is 0.281. The summed E-state index contributed by atoms with van der Waals surface area (Å²) in [5, 5.41) is 5.26. The summed E-state index contributed by atoms with van der Waals surface area (Å²) in [5.74, 6) is -1.32. The molecule has 11 nitrogen and oxygen atoms in total. The van der Waals surface area contributed by atoms with Crippen molar-refractivity contribution in [1.29, 1.82) is 0 Å². The Balaban J connectivity index is 1.41. The number of anilines is 2. The van der Waals surface area contributed by atoms with Crippen molar-refractivity contribution < 1.29 is 27.8 Å². The number of nitrogens with one attached hydrogen (secondary N) is 2. The molecule has 0 saturated carbocycles. The fourth-order valence-corrected chi connectivity index (χ4v) is 3.98. The molecule has 3 aromatic heterocycles. The molecule has 2 aromatic carbocycles. The molecule has 0 fully saturated rings. The topological polar surface area (TPSA) is 129 Å². The van der Waals surface area contributed by atoms with Crippen LogP contribution >= 0.6 is 0 Å². The number of benzene rings is 2. The second-order valence-electron chi connectivity index (χ2n) is 8.44. The number of halogens is 2. The molecule has 0 radical (unpaired) electrons. The van der Waals surface area contributed by atoms with Gasteiger partial charge in [-0.15, -0.1) is 0 Å². The van der Waals surface area contributed by atoms with Crippen molar-refractivity contribution in [3.63, 3.8) is 0 Å². The Hall–Kier alpha value is -5.59. The van der Waals surface area contributed by atoms with E-state index in [0.717, 1.165) is 16.8 Å². The number of hydrogen-bond acceptors (Lipinski definition) is 9. The van der Waals surface area contributed by atoms with E-state index < -0.39 is 23.1 Å². The third-order valence-electron chi connectivity index (χ3n) is 5.94. The highest BCUT2D eigenvalue weighted by Gasteiger charge is 2.19. The van der Waals surface area contributed by atoms with Crippen LogP contribution in [0.5, 0.6) is 23.1 Å². The molecule has 41 heavy (non-hydrogen) atoms. The van der Waals surface area contributed by atoms with Gasteiger partial charge in [0.05, 0.1) is 25.4 Å². The van der Waals surface area contributed by atoms with Crippen LogP contribution in [0, 0.1) is 11.6 Å². The van der Waals surface area contributed by atoms with Crippen LogP contribution in [0.2, 0.25) is 0 Å². The molecule has 0 aliphatic rings. The van der Waals surface area contributed by atoms with E-state index in [1.807, 2.05) is 0 Å². The first kappa shape index (κ1) is 27.0. The lowest BCUT2D eigenvalue weighted by Gasteiger charge is -2.14. The first-order valence-corrected chi connectivity index (χ1v) is 12.0. The number of aromatic nitrogens is 4. The lowest BCUT2D eigenvalue weighted by atomic mass is 10.2. The van der Waals surface area contributed by atoms with Gasteiger partial charge in [-0.25, -0.2) is 23.3 Å². The molecule has 1 amide bonds. The van der Waals surface area contributed by atoms with Gasteiger partial charge in [-0.05, 0) is 36.4 Å². The summed E-state index contributed by atoms with van der Waals surface area (Å²) in [7, 11) is 4.45. The summed E-state index contributed by atoms with van der Waals surface area (Å²) in [5.41, 5.74) is 0.0929. The van der Waals surface area contributed by atoms with Crippen LogP contribution in [0.25, 0.3) is 16.7 Å². The highest BCUT2D eigenvalue weighted by Crippen LogP contribution is 2.35. The molecule has 3 heterocycles. The maximum absolute atomic E-state index is 15.1. The summed E-state index contributed by atoms with van der Waals surface area (Å²) in [4.78, 5) is 38.9. The van der Waals surface area contributed by atoms with Crippen molar-refractivity contribution in [2.24, 2.45) is 0 Å². The Bertz CT molecular complexity index is 1830. The van der Waals surface area contributed by atoms with E-state index in [-0.39, 0.29) is 34.6 Å². The second-order valence-corrected chi connectivity index (χ2v) is 8.44. The maximum Gasteiger partial charge on any atom is 0.272 e. The Labute approximate surface area is 231 Å². The normalized spacial score (nSPS) is 10.8. The summed E-state index contributed by atoms with van der Waals surface area (Å²) < 4.78 is 45.9. The SMILES string of the molecule is CNc1ncc(C(=O)Nc2ccc(Oc3ccnc4cc(OC)c(OC)nc34)c(F)c2)c(=O)n1-c1ccc(F)cc1. The maximum atomic E-state index is 15.1. The van der Waals surface area contributed by atoms with E-state index in [0.29, 0.717) is 22.5 Å². The summed E-state index contributed by atoms with van der Waals surface area (Å²) >= 11 is 0. The van der Waals surface area contributed by atoms with E-state index in [9.17, 15) is 14.0 Å². The fourth-order valence-electron chi connectivity index (χ4n) is 3.98. The van der Waals surface area contributed by atoms with E-state index in [2.05, 4.69) is 25.6 Å². The molecule has 0 saturated heterocycles. The van der Waals surface area contributed by atoms with Gasteiger partial charge in [0.2, 0.25) is 5.95 Å². The second kappa shape index (κ2) is 11.3. The number of hydrogen-bond donors (Lipinski definition) is 2.